The van der Waals surface area contributed by atoms with Crippen molar-refractivity contribution in [2.45, 2.75) is 43.8 Å². The number of carbonyl (C=O) groups excluding carboxylic acids is 2. The second-order valence-corrected chi connectivity index (χ2v) is 9.83. The Morgan fingerprint density at radius 2 is 1.47 bits per heavy atom. The van der Waals surface area contributed by atoms with Crippen LogP contribution < -0.4 is 0 Å². The number of amides is 2. The minimum absolute atomic E-state index is 0.181. The number of rotatable bonds is 9. The molecule has 1 saturated heterocycles. The van der Waals surface area contributed by atoms with Crippen molar-refractivity contribution in [3.63, 3.8) is 0 Å². The number of hydrogen-bond acceptors (Lipinski definition) is 6. The monoisotopic (exact) mass is 475 g/mol. The zero-order valence-electron chi connectivity index (χ0n) is 19.2. The second kappa shape index (κ2) is 10.5. The van der Waals surface area contributed by atoms with Gasteiger partial charge < -0.3 is 0 Å². The van der Waals surface area contributed by atoms with Gasteiger partial charge in [-0.1, -0.05) is 48.5 Å². The molecule has 0 saturated carbocycles. The van der Waals surface area contributed by atoms with E-state index >= 15 is 0 Å². The van der Waals surface area contributed by atoms with E-state index < -0.39 is 0 Å². The number of nitrogens with zero attached hydrogens (tertiary/aromatic N) is 5. The average molecular weight is 476 g/mol. The predicted octanol–water partition coefficient (Wildman–Crippen LogP) is 4.42. The standard InChI is InChI=1S/C26H29N5O2S/c32-24-21-13-5-6-14-22(21)25(33)30(24)17-9-10-18-34-26-28-27-23(19-29-15-7-2-8-16-29)31(26)20-11-3-1-4-12-20/h1,3-6,11-14H,2,7-10,15-19H2. The SMILES string of the molecule is O=C1c2ccccc2C(=O)N1CCCCSc1nnc(CN2CCCCC2)n1-c1ccccc1. The van der Waals surface area contributed by atoms with Gasteiger partial charge in [0, 0.05) is 18.0 Å². The second-order valence-electron chi connectivity index (χ2n) is 8.77. The van der Waals surface area contributed by atoms with Crippen LogP contribution in [0.25, 0.3) is 5.69 Å². The summed E-state index contributed by atoms with van der Waals surface area (Å²) in [6.45, 7) is 3.48. The van der Waals surface area contributed by atoms with E-state index in [4.69, 9.17) is 0 Å². The summed E-state index contributed by atoms with van der Waals surface area (Å²) in [6.07, 6.45) is 5.44. The van der Waals surface area contributed by atoms with Crippen LogP contribution in [0.5, 0.6) is 0 Å². The molecule has 3 aromatic rings. The number of imide groups is 1. The van der Waals surface area contributed by atoms with Crippen molar-refractivity contribution in [2.24, 2.45) is 0 Å². The van der Waals surface area contributed by atoms with Crippen LogP contribution in [0.2, 0.25) is 0 Å². The van der Waals surface area contributed by atoms with E-state index in [-0.39, 0.29) is 11.8 Å². The van der Waals surface area contributed by atoms with Crippen LogP contribution in [0.15, 0.2) is 59.8 Å². The molecule has 1 aromatic heterocycles. The highest BCUT2D eigenvalue weighted by molar-refractivity contribution is 7.99. The Balaban J connectivity index is 1.19. The molecule has 2 aliphatic heterocycles. The van der Waals surface area contributed by atoms with E-state index in [0.717, 1.165) is 54.9 Å². The number of aromatic nitrogens is 3. The van der Waals surface area contributed by atoms with Crippen LogP contribution in [0.1, 0.15) is 58.6 Å². The molecule has 2 amide bonds. The van der Waals surface area contributed by atoms with Gasteiger partial charge in [-0.2, -0.15) is 0 Å². The fraction of sp³-hybridized carbons (Fsp3) is 0.385. The first-order valence-corrected chi connectivity index (χ1v) is 13.0. The van der Waals surface area contributed by atoms with Crippen molar-refractivity contribution in [3.05, 3.63) is 71.5 Å². The largest absolute Gasteiger partial charge is 0.296 e. The maximum absolute atomic E-state index is 12.5. The lowest BCUT2D eigenvalue weighted by Gasteiger charge is -2.26. The Labute approximate surface area is 204 Å². The van der Waals surface area contributed by atoms with Crippen molar-refractivity contribution in [2.75, 3.05) is 25.4 Å². The third kappa shape index (κ3) is 4.79. The average Bonchev–Trinajstić information content (AvgIpc) is 3.38. The lowest BCUT2D eigenvalue weighted by atomic mass is 10.1. The summed E-state index contributed by atoms with van der Waals surface area (Å²) >= 11 is 1.68. The lowest BCUT2D eigenvalue weighted by Crippen LogP contribution is -2.30. The highest BCUT2D eigenvalue weighted by Gasteiger charge is 2.34. The number of hydrogen-bond donors (Lipinski definition) is 0. The number of piperidine rings is 1. The number of likely N-dealkylation sites (tertiary alicyclic amines) is 1. The van der Waals surface area contributed by atoms with Gasteiger partial charge in [-0.05, 0) is 63.0 Å². The van der Waals surface area contributed by atoms with Gasteiger partial charge in [-0.15, -0.1) is 10.2 Å². The number of unbranched alkanes of at least 4 members (excludes halogenated alkanes) is 1. The molecule has 0 aliphatic carbocycles. The Morgan fingerprint density at radius 1 is 0.794 bits per heavy atom. The van der Waals surface area contributed by atoms with Crippen molar-refractivity contribution >= 4 is 23.6 Å². The first-order chi connectivity index (χ1) is 16.7. The maximum Gasteiger partial charge on any atom is 0.261 e. The number of thioether (sulfide) groups is 1. The van der Waals surface area contributed by atoms with E-state index in [0.29, 0.717) is 17.7 Å². The Bertz CT molecular complexity index is 1120. The summed E-state index contributed by atoms with van der Waals surface area (Å²) in [5.74, 6) is 1.46. The summed E-state index contributed by atoms with van der Waals surface area (Å²) in [7, 11) is 0. The number of para-hydroxylation sites is 1. The maximum atomic E-state index is 12.5. The molecule has 0 spiro atoms. The molecule has 3 heterocycles. The van der Waals surface area contributed by atoms with Crippen LogP contribution in [0.3, 0.4) is 0 Å². The Hall–Kier alpha value is -2.97. The van der Waals surface area contributed by atoms with E-state index in [9.17, 15) is 9.59 Å². The van der Waals surface area contributed by atoms with Crippen LogP contribution in [-0.4, -0.2) is 61.8 Å². The van der Waals surface area contributed by atoms with Gasteiger partial charge >= 0.3 is 0 Å². The van der Waals surface area contributed by atoms with Crippen LogP contribution in [0.4, 0.5) is 0 Å². The molecule has 34 heavy (non-hydrogen) atoms. The number of carbonyl (C=O) groups is 2. The highest BCUT2D eigenvalue weighted by atomic mass is 32.2. The molecule has 176 valence electrons. The van der Waals surface area contributed by atoms with E-state index in [1.54, 1.807) is 36.0 Å². The van der Waals surface area contributed by atoms with Gasteiger partial charge in [-0.25, -0.2) is 0 Å². The molecule has 0 bridgehead atoms. The normalized spacial score (nSPS) is 16.3. The zero-order valence-corrected chi connectivity index (χ0v) is 20.0. The van der Waals surface area contributed by atoms with Gasteiger partial charge in [0.25, 0.3) is 11.8 Å². The number of fused-ring (bicyclic) bond motifs is 1. The summed E-state index contributed by atoms with van der Waals surface area (Å²) < 4.78 is 2.17. The zero-order chi connectivity index (χ0) is 23.3. The molecule has 0 unspecified atom stereocenters. The fourth-order valence-corrected chi connectivity index (χ4v) is 5.60. The quantitative estimate of drug-likeness (QED) is 0.259. The minimum atomic E-state index is -0.181. The van der Waals surface area contributed by atoms with Crippen molar-refractivity contribution in [3.8, 4) is 5.69 Å². The van der Waals surface area contributed by atoms with Crippen LogP contribution >= 0.6 is 11.8 Å². The molecule has 2 aliphatic rings. The van der Waals surface area contributed by atoms with Gasteiger partial charge in [0.2, 0.25) is 0 Å². The first kappa shape index (κ1) is 22.8. The Morgan fingerprint density at radius 3 is 2.18 bits per heavy atom. The number of benzene rings is 2. The Kier molecular flexibility index (Phi) is 7.06. The molecule has 2 aromatic carbocycles. The first-order valence-electron chi connectivity index (χ1n) is 12.0. The molecular formula is C26H29N5O2S. The van der Waals surface area contributed by atoms with E-state index in [1.165, 1.54) is 24.2 Å². The fourth-order valence-electron chi connectivity index (χ4n) is 4.63. The molecule has 1 fully saturated rings. The minimum Gasteiger partial charge on any atom is -0.296 e. The molecular weight excluding hydrogens is 446 g/mol. The van der Waals surface area contributed by atoms with Crippen molar-refractivity contribution in [1.82, 2.24) is 24.6 Å². The molecule has 0 atom stereocenters. The molecule has 5 rings (SSSR count). The summed E-state index contributed by atoms with van der Waals surface area (Å²) in [5.41, 5.74) is 2.10. The molecule has 0 radical (unpaired) electrons. The van der Waals surface area contributed by atoms with Gasteiger partial charge in [-0.3, -0.25) is 24.0 Å². The van der Waals surface area contributed by atoms with Gasteiger partial charge in [0.1, 0.15) is 0 Å². The van der Waals surface area contributed by atoms with Gasteiger partial charge in [0.05, 0.1) is 17.7 Å². The van der Waals surface area contributed by atoms with Crippen molar-refractivity contribution < 1.29 is 9.59 Å². The van der Waals surface area contributed by atoms with Crippen molar-refractivity contribution in [1.29, 1.82) is 0 Å². The van der Waals surface area contributed by atoms with E-state index in [1.807, 2.05) is 18.2 Å². The molecule has 7 nitrogen and oxygen atoms in total. The van der Waals surface area contributed by atoms with Crippen LogP contribution in [-0.2, 0) is 6.54 Å². The topological polar surface area (TPSA) is 71.3 Å². The highest BCUT2D eigenvalue weighted by Crippen LogP contribution is 2.26. The molecule has 8 heteroatoms. The third-order valence-electron chi connectivity index (χ3n) is 6.41. The third-order valence-corrected chi connectivity index (χ3v) is 7.43. The lowest BCUT2D eigenvalue weighted by molar-refractivity contribution is 0.0652. The van der Waals surface area contributed by atoms with Crippen LogP contribution in [0, 0.1) is 0 Å². The van der Waals surface area contributed by atoms with Gasteiger partial charge in [0.15, 0.2) is 11.0 Å². The summed E-state index contributed by atoms with van der Waals surface area (Å²) in [6, 6.07) is 17.3. The summed E-state index contributed by atoms with van der Waals surface area (Å²) in [4.78, 5) is 28.9. The van der Waals surface area contributed by atoms with E-state index in [2.05, 4.69) is 31.8 Å². The predicted molar refractivity (Wildman–Crippen MR) is 132 cm³/mol. The summed E-state index contributed by atoms with van der Waals surface area (Å²) in [5, 5.41) is 9.95. The smallest absolute Gasteiger partial charge is 0.261 e. The molecule has 0 N–H and O–H groups in total.